The highest BCUT2D eigenvalue weighted by molar-refractivity contribution is 5.74. The molecule has 1 aromatic carbocycles. The Morgan fingerprint density at radius 3 is 2.29 bits per heavy atom. The SMILES string of the molecule is CCOCCOCCOc1ccc(C=O)cc1. The highest BCUT2D eigenvalue weighted by Crippen LogP contribution is 2.10. The topological polar surface area (TPSA) is 44.8 Å². The number of benzene rings is 1. The summed E-state index contributed by atoms with van der Waals surface area (Å²) in [5, 5.41) is 0. The van der Waals surface area contributed by atoms with Crippen LogP contribution in [-0.4, -0.2) is 39.3 Å². The summed E-state index contributed by atoms with van der Waals surface area (Å²) in [5.74, 6) is 0.740. The van der Waals surface area contributed by atoms with Crippen LogP contribution < -0.4 is 4.74 Å². The summed E-state index contributed by atoms with van der Waals surface area (Å²) >= 11 is 0. The highest BCUT2D eigenvalue weighted by atomic mass is 16.5. The lowest BCUT2D eigenvalue weighted by Crippen LogP contribution is -2.10. The van der Waals surface area contributed by atoms with E-state index in [1.54, 1.807) is 24.3 Å². The van der Waals surface area contributed by atoms with Crippen molar-refractivity contribution in [2.24, 2.45) is 0 Å². The zero-order valence-corrected chi connectivity index (χ0v) is 10.1. The molecule has 0 saturated heterocycles. The van der Waals surface area contributed by atoms with E-state index in [-0.39, 0.29) is 0 Å². The van der Waals surface area contributed by atoms with Crippen LogP contribution in [0, 0.1) is 0 Å². The van der Waals surface area contributed by atoms with Crippen LogP contribution in [0.3, 0.4) is 0 Å². The molecule has 0 heterocycles. The van der Waals surface area contributed by atoms with Gasteiger partial charge in [-0.05, 0) is 31.2 Å². The Hall–Kier alpha value is -1.39. The molecule has 0 radical (unpaired) electrons. The van der Waals surface area contributed by atoms with Crippen LogP contribution >= 0.6 is 0 Å². The third kappa shape index (κ3) is 6.04. The van der Waals surface area contributed by atoms with E-state index in [4.69, 9.17) is 14.2 Å². The number of rotatable bonds is 9. The Morgan fingerprint density at radius 2 is 1.65 bits per heavy atom. The zero-order valence-electron chi connectivity index (χ0n) is 10.1. The normalized spacial score (nSPS) is 10.2. The molecule has 0 saturated carbocycles. The second-order valence-corrected chi connectivity index (χ2v) is 3.34. The molecule has 1 aromatic rings. The summed E-state index contributed by atoms with van der Waals surface area (Å²) in [6, 6.07) is 6.98. The van der Waals surface area contributed by atoms with E-state index in [1.165, 1.54) is 0 Å². The van der Waals surface area contributed by atoms with Gasteiger partial charge >= 0.3 is 0 Å². The number of carbonyl (C=O) groups excluding carboxylic acids is 1. The lowest BCUT2D eigenvalue weighted by Gasteiger charge is -2.07. The van der Waals surface area contributed by atoms with Crippen molar-refractivity contribution in [2.75, 3.05) is 33.0 Å². The average Bonchev–Trinajstić information content (AvgIpc) is 2.38. The molecule has 0 fully saturated rings. The quantitative estimate of drug-likeness (QED) is 0.487. The first-order valence-electron chi connectivity index (χ1n) is 5.70. The van der Waals surface area contributed by atoms with E-state index in [0.717, 1.165) is 12.0 Å². The van der Waals surface area contributed by atoms with E-state index >= 15 is 0 Å². The fourth-order valence-corrected chi connectivity index (χ4v) is 1.23. The predicted octanol–water partition coefficient (Wildman–Crippen LogP) is 1.93. The lowest BCUT2D eigenvalue weighted by atomic mass is 10.2. The van der Waals surface area contributed by atoms with Crippen LogP contribution in [0.2, 0.25) is 0 Å². The van der Waals surface area contributed by atoms with Gasteiger partial charge in [0, 0.05) is 12.2 Å². The molecule has 0 aromatic heterocycles. The Labute approximate surface area is 101 Å². The van der Waals surface area contributed by atoms with Crippen LogP contribution in [-0.2, 0) is 9.47 Å². The Balaban J connectivity index is 2.07. The average molecular weight is 238 g/mol. The maximum absolute atomic E-state index is 10.4. The maximum Gasteiger partial charge on any atom is 0.150 e. The first-order chi connectivity index (χ1) is 8.36. The number of ether oxygens (including phenoxy) is 3. The van der Waals surface area contributed by atoms with Crippen molar-refractivity contribution in [3.63, 3.8) is 0 Å². The molecule has 0 aliphatic heterocycles. The van der Waals surface area contributed by atoms with Gasteiger partial charge in [0.2, 0.25) is 0 Å². The van der Waals surface area contributed by atoms with Crippen molar-refractivity contribution in [2.45, 2.75) is 6.92 Å². The van der Waals surface area contributed by atoms with Gasteiger partial charge in [-0.25, -0.2) is 0 Å². The predicted molar refractivity (Wildman–Crippen MR) is 64.6 cm³/mol. The van der Waals surface area contributed by atoms with Gasteiger partial charge in [0.25, 0.3) is 0 Å². The van der Waals surface area contributed by atoms with Gasteiger partial charge in [-0.3, -0.25) is 4.79 Å². The van der Waals surface area contributed by atoms with Crippen molar-refractivity contribution < 1.29 is 19.0 Å². The molecule has 1 rings (SSSR count). The fourth-order valence-electron chi connectivity index (χ4n) is 1.23. The van der Waals surface area contributed by atoms with Gasteiger partial charge < -0.3 is 14.2 Å². The lowest BCUT2D eigenvalue weighted by molar-refractivity contribution is 0.0405. The molecule has 0 bridgehead atoms. The Kier molecular flexibility index (Phi) is 7.02. The maximum atomic E-state index is 10.4. The van der Waals surface area contributed by atoms with E-state index in [2.05, 4.69) is 0 Å². The first kappa shape index (κ1) is 13.7. The molecule has 0 N–H and O–H groups in total. The second kappa shape index (κ2) is 8.73. The van der Waals surface area contributed by atoms with Gasteiger partial charge in [-0.2, -0.15) is 0 Å². The third-order valence-corrected chi connectivity index (χ3v) is 2.09. The summed E-state index contributed by atoms with van der Waals surface area (Å²) in [4.78, 5) is 10.4. The summed E-state index contributed by atoms with van der Waals surface area (Å²) < 4.78 is 15.9. The Bertz CT molecular complexity index is 308. The highest BCUT2D eigenvalue weighted by Gasteiger charge is 1.94. The van der Waals surface area contributed by atoms with E-state index in [9.17, 15) is 4.79 Å². The minimum Gasteiger partial charge on any atom is -0.491 e. The monoisotopic (exact) mass is 238 g/mol. The summed E-state index contributed by atoms with van der Waals surface area (Å²) in [7, 11) is 0. The van der Waals surface area contributed by atoms with E-state index in [0.29, 0.717) is 38.6 Å². The van der Waals surface area contributed by atoms with Gasteiger partial charge in [-0.1, -0.05) is 0 Å². The molecule has 0 aliphatic carbocycles. The number of carbonyl (C=O) groups is 1. The zero-order chi connectivity index (χ0) is 12.3. The first-order valence-corrected chi connectivity index (χ1v) is 5.70. The Morgan fingerprint density at radius 1 is 1.00 bits per heavy atom. The molecule has 0 atom stereocenters. The van der Waals surface area contributed by atoms with E-state index in [1.807, 2.05) is 6.92 Å². The van der Waals surface area contributed by atoms with Crippen LogP contribution in [0.1, 0.15) is 17.3 Å². The standard InChI is InChI=1S/C13H18O4/c1-2-15-7-8-16-9-10-17-13-5-3-12(11-14)4-6-13/h3-6,11H,2,7-10H2,1H3. The van der Waals surface area contributed by atoms with Crippen LogP contribution in [0.15, 0.2) is 24.3 Å². The molecular formula is C13H18O4. The van der Waals surface area contributed by atoms with Gasteiger partial charge in [0.1, 0.15) is 18.6 Å². The number of hydrogen-bond acceptors (Lipinski definition) is 4. The van der Waals surface area contributed by atoms with Crippen molar-refractivity contribution in [1.82, 2.24) is 0 Å². The molecule has 94 valence electrons. The molecule has 0 unspecified atom stereocenters. The smallest absolute Gasteiger partial charge is 0.150 e. The molecule has 0 amide bonds. The minimum absolute atomic E-state index is 0.493. The third-order valence-electron chi connectivity index (χ3n) is 2.09. The molecule has 4 nitrogen and oxygen atoms in total. The number of aldehydes is 1. The molecule has 0 spiro atoms. The summed E-state index contributed by atoms with van der Waals surface area (Å²) in [5.41, 5.74) is 0.644. The summed E-state index contributed by atoms with van der Waals surface area (Å²) in [6.45, 7) is 4.88. The van der Waals surface area contributed by atoms with Crippen molar-refractivity contribution in [3.05, 3.63) is 29.8 Å². The van der Waals surface area contributed by atoms with E-state index < -0.39 is 0 Å². The van der Waals surface area contributed by atoms with Crippen molar-refractivity contribution >= 4 is 6.29 Å². The van der Waals surface area contributed by atoms with Gasteiger partial charge in [0.15, 0.2) is 0 Å². The molecule has 17 heavy (non-hydrogen) atoms. The number of hydrogen-bond donors (Lipinski definition) is 0. The van der Waals surface area contributed by atoms with Crippen LogP contribution in [0.4, 0.5) is 0 Å². The van der Waals surface area contributed by atoms with Crippen LogP contribution in [0.5, 0.6) is 5.75 Å². The fraction of sp³-hybridized carbons (Fsp3) is 0.462. The molecule has 4 heteroatoms. The van der Waals surface area contributed by atoms with Crippen LogP contribution in [0.25, 0.3) is 0 Å². The van der Waals surface area contributed by atoms with Crippen molar-refractivity contribution in [1.29, 1.82) is 0 Å². The summed E-state index contributed by atoms with van der Waals surface area (Å²) in [6.07, 6.45) is 0.806. The largest absolute Gasteiger partial charge is 0.491 e. The minimum atomic E-state index is 0.493. The molecule has 0 aliphatic rings. The second-order valence-electron chi connectivity index (χ2n) is 3.34. The van der Waals surface area contributed by atoms with Gasteiger partial charge in [0.05, 0.1) is 19.8 Å². The molecular weight excluding hydrogens is 220 g/mol. The van der Waals surface area contributed by atoms with Crippen molar-refractivity contribution in [3.8, 4) is 5.75 Å². The van der Waals surface area contributed by atoms with Gasteiger partial charge in [-0.15, -0.1) is 0 Å².